The first kappa shape index (κ1) is 22.8. The summed E-state index contributed by atoms with van der Waals surface area (Å²) in [6.45, 7) is 0.846. The van der Waals surface area contributed by atoms with Crippen molar-refractivity contribution in [2.24, 2.45) is 0 Å². The number of hydrogen-bond acceptors (Lipinski definition) is 6. The highest BCUT2D eigenvalue weighted by molar-refractivity contribution is 7.92. The zero-order valence-corrected chi connectivity index (χ0v) is 18.3. The SMILES string of the molecule is COC(=O)CN(c1ccc(Oc2ccccc2)cc1)S(=O)(=O)c1ccc(NC(C)=O)cc1. The number of nitrogens with one attached hydrogen (secondary N) is 1. The first-order valence-corrected chi connectivity index (χ1v) is 11.0. The lowest BCUT2D eigenvalue weighted by molar-refractivity contribution is -0.138. The van der Waals surface area contributed by atoms with E-state index in [9.17, 15) is 18.0 Å². The van der Waals surface area contributed by atoms with Crippen molar-refractivity contribution in [3.8, 4) is 11.5 Å². The predicted molar refractivity (Wildman–Crippen MR) is 120 cm³/mol. The van der Waals surface area contributed by atoms with Gasteiger partial charge in [-0.05, 0) is 60.7 Å². The van der Waals surface area contributed by atoms with Crippen molar-refractivity contribution in [1.29, 1.82) is 0 Å². The number of sulfonamides is 1. The molecule has 3 rings (SSSR count). The molecule has 166 valence electrons. The maximum absolute atomic E-state index is 13.3. The predicted octanol–water partition coefficient (Wildman–Crippen LogP) is 3.81. The first-order chi connectivity index (χ1) is 15.3. The van der Waals surface area contributed by atoms with Crippen LogP contribution in [0.15, 0.2) is 83.8 Å². The molecule has 0 spiro atoms. The van der Waals surface area contributed by atoms with E-state index in [1.165, 1.54) is 38.3 Å². The maximum Gasteiger partial charge on any atom is 0.326 e. The zero-order valence-electron chi connectivity index (χ0n) is 17.5. The van der Waals surface area contributed by atoms with Gasteiger partial charge in [-0.1, -0.05) is 18.2 Å². The Morgan fingerprint density at radius 3 is 2.03 bits per heavy atom. The van der Waals surface area contributed by atoms with Gasteiger partial charge in [0.15, 0.2) is 0 Å². The third kappa shape index (κ3) is 5.64. The molecule has 0 bridgehead atoms. The number of nitrogens with zero attached hydrogens (tertiary/aromatic N) is 1. The Bertz CT molecular complexity index is 1180. The zero-order chi connectivity index (χ0) is 23.1. The largest absolute Gasteiger partial charge is 0.468 e. The molecule has 0 aliphatic rings. The van der Waals surface area contributed by atoms with Crippen LogP contribution in [-0.2, 0) is 24.3 Å². The number of hydrogen-bond donors (Lipinski definition) is 1. The lowest BCUT2D eigenvalue weighted by atomic mass is 10.3. The van der Waals surface area contributed by atoms with Gasteiger partial charge in [0.05, 0.1) is 17.7 Å². The summed E-state index contributed by atoms with van der Waals surface area (Å²) in [5.41, 5.74) is 0.722. The van der Waals surface area contributed by atoms with Crippen LogP contribution in [0.25, 0.3) is 0 Å². The highest BCUT2D eigenvalue weighted by atomic mass is 32.2. The van der Waals surface area contributed by atoms with Crippen LogP contribution >= 0.6 is 0 Å². The Labute approximate surface area is 186 Å². The number of rotatable bonds is 8. The van der Waals surface area contributed by atoms with Crippen molar-refractivity contribution in [2.75, 3.05) is 23.3 Å². The first-order valence-electron chi connectivity index (χ1n) is 9.60. The molecule has 1 N–H and O–H groups in total. The molecule has 0 aliphatic carbocycles. The molecule has 9 heteroatoms. The summed E-state index contributed by atoms with van der Waals surface area (Å²) in [7, 11) is -2.91. The Morgan fingerprint density at radius 1 is 0.875 bits per heavy atom. The highest BCUT2D eigenvalue weighted by Crippen LogP contribution is 2.28. The molecule has 0 aromatic heterocycles. The number of carbonyl (C=O) groups is 2. The fourth-order valence-corrected chi connectivity index (χ4v) is 4.25. The Hall–Kier alpha value is -3.85. The van der Waals surface area contributed by atoms with Crippen LogP contribution in [0.4, 0.5) is 11.4 Å². The summed E-state index contributed by atoms with van der Waals surface area (Å²) in [5.74, 6) is 0.160. The fourth-order valence-electron chi connectivity index (χ4n) is 2.84. The molecule has 3 aromatic rings. The molecule has 0 unspecified atom stereocenters. The molecule has 0 radical (unpaired) electrons. The van der Waals surface area contributed by atoms with E-state index in [0.29, 0.717) is 17.2 Å². The minimum Gasteiger partial charge on any atom is -0.468 e. The average Bonchev–Trinajstić information content (AvgIpc) is 2.78. The van der Waals surface area contributed by atoms with E-state index in [4.69, 9.17) is 4.74 Å². The number of benzene rings is 3. The van der Waals surface area contributed by atoms with E-state index in [1.807, 2.05) is 18.2 Å². The number of amides is 1. The summed E-state index contributed by atoms with van der Waals surface area (Å²) >= 11 is 0. The molecular weight excluding hydrogens is 432 g/mol. The highest BCUT2D eigenvalue weighted by Gasteiger charge is 2.27. The van der Waals surface area contributed by atoms with Gasteiger partial charge in [0.2, 0.25) is 5.91 Å². The molecule has 0 saturated heterocycles. The van der Waals surface area contributed by atoms with E-state index < -0.39 is 22.5 Å². The van der Waals surface area contributed by atoms with Crippen molar-refractivity contribution in [3.05, 3.63) is 78.9 Å². The second kappa shape index (κ2) is 9.97. The third-order valence-electron chi connectivity index (χ3n) is 4.37. The molecule has 0 saturated carbocycles. The van der Waals surface area contributed by atoms with Gasteiger partial charge in [0.25, 0.3) is 10.0 Å². The monoisotopic (exact) mass is 454 g/mol. The van der Waals surface area contributed by atoms with Crippen LogP contribution in [-0.4, -0.2) is 33.9 Å². The smallest absolute Gasteiger partial charge is 0.326 e. The standard InChI is InChI=1S/C23H22N2O6S/c1-17(26)24-18-8-14-22(15-9-18)32(28,29)25(16-23(27)30-2)19-10-12-21(13-11-19)31-20-6-4-3-5-7-20/h3-15H,16H2,1-2H3,(H,24,26). The molecule has 8 nitrogen and oxygen atoms in total. The Balaban J connectivity index is 1.90. The normalized spacial score (nSPS) is 10.8. The second-order valence-electron chi connectivity index (χ2n) is 6.70. The van der Waals surface area contributed by atoms with Gasteiger partial charge >= 0.3 is 5.97 Å². The van der Waals surface area contributed by atoms with Gasteiger partial charge in [-0.3, -0.25) is 13.9 Å². The van der Waals surface area contributed by atoms with Crippen molar-refractivity contribution in [2.45, 2.75) is 11.8 Å². The van der Waals surface area contributed by atoms with Crippen molar-refractivity contribution < 1.29 is 27.5 Å². The number of para-hydroxylation sites is 1. The molecule has 0 atom stereocenters. The minimum atomic E-state index is -4.10. The van der Waals surface area contributed by atoms with Crippen molar-refractivity contribution in [3.63, 3.8) is 0 Å². The van der Waals surface area contributed by atoms with Gasteiger partial charge in [-0.25, -0.2) is 8.42 Å². The average molecular weight is 455 g/mol. The van der Waals surface area contributed by atoms with E-state index in [0.717, 1.165) is 4.31 Å². The van der Waals surface area contributed by atoms with Crippen LogP contribution in [0.2, 0.25) is 0 Å². The van der Waals surface area contributed by atoms with E-state index in [2.05, 4.69) is 10.1 Å². The van der Waals surface area contributed by atoms with Crippen molar-refractivity contribution >= 4 is 33.3 Å². The molecule has 0 fully saturated rings. The van der Waals surface area contributed by atoms with Gasteiger partial charge in [0, 0.05) is 12.6 Å². The molecule has 32 heavy (non-hydrogen) atoms. The number of esters is 1. The number of anilines is 2. The summed E-state index contributed by atoms with van der Waals surface area (Å²) < 4.78 is 38.0. The molecule has 3 aromatic carbocycles. The van der Waals surface area contributed by atoms with E-state index in [1.54, 1.807) is 36.4 Å². The van der Waals surface area contributed by atoms with Crippen LogP contribution in [0, 0.1) is 0 Å². The lowest BCUT2D eigenvalue weighted by Gasteiger charge is -2.23. The minimum absolute atomic E-state index is 0.0416. The van der Waals surface area contributed by atoms with E-state index >= 15 is 0 Å². The summed E-state index contributed by atoms with van der Waals surface area (Å²) in [4.78, 5) is 23.1. The lowest BCUT2D eigenvalue weighted by Crippen LogP contribution is -2.36. The topological polar surface area (TPSA) is 102 Å². The van der Waals surface area contributed by atoms with E-state index in [-0.39, 0.29) is 16.5 Å². The summed E-state index contributed by atoms with van der Waals surface area (Å²) in [5, 5.41) is 2.58. The maximum atomic E-state index is 13.3. The third-order valence-corrected chi connectivity index (χ3v) is 6.15. The second-order valence-corrected chi connectivity index (χ2v) is 8.56. The Morgan fingerprint density at radius 2 is 1.47 bits per heavy atom. The van der Waals surface area contributed by atoms with Gasteiger partial charge in [-0.15, -0.1) is 0 Å². The quantitative estimate of drug-likeness (QED) is 0.520. The van der Waals surface area contributed by atoms with Crippen molar-refractivity contribution in [1.82, 2.24) is 0 Å². The van der Waals surface area contributed by atoms with Gasteiger partial charge in [-0.2, -0.15) is 0 Å². The fraction of sp³-hybridized carbons (Fsp3) is 0.130. The molecule has 0 aliphatic heterocycles. The van der Waals surface area contributed by atoms with Crippen LogP contribution in [0.1, 0.15) is 6.92 Å². The molecule has 1 amide bonds. The Kier molecular flexibility index (Phi) is 7.11. The summed E-state index contributed by atoms with van der Waals surface area (Å²) in [6.07, 6.45) is 0. The van der Waals surface area contributed by atoms with Crippen LogP contribution < -0.4 is 14.4 Å². The van der Waals surface area contributed by atoms with Crippen LogP contribution in [0.5, 0.6) is 11.5 Å². The number of methoxy groups -OCH3 is 1. The van der Waals surface area contributed by atoms with Crippen LogP contribution in [0.3, 0.4) is 0 Å². The van der Waals surface area contributed by atoms with Gasteiger partial charge in [0.1, 0.15) is 18.0 Å². The van der Waals surface area contributed by atoms with Gasteiger partial charge < -0.3 is 14.8 Å². The molecule has 0 heterocycles. The summed E-state index contributed by atoms with van der Waals surface area (Å²) in [6, 6.07) is 21.1. The number of carbonyl (C=O) groups excluding carboxylic acids is 2. The number of ether oxygens (including phenoxy) is 2. The molecular formula is C23H22N2O6S.